The van der Waals surface area contributed by atoms with E-state index in [0.717, 1.165) is 10.4 Å². The van der Waals surface area contributed by atoms with Crippen LogP contribution in [0.2, 0.25) is 0 Å². The smallest absolute Gasteiger partial charge is 0.428 e. The standard InChI is InChI=1S/C11H13N3O3/c1-7(2)13(11(16)17)14-10-5-9(15)4-3-8(10)6-12-14/h3-7,15H,1-2H3,(H,16,17). The molecule has 90 valence electrons. The Balaban J connectivity index is 2.61. The Bertz CT molecular complexity index is 562. The van der Waals surface area contributed by atoms with Gasteiger partial charge in [-0.25, -0.2) is 4.79 Å². The molecule has 6 heteroatoms. The summed E-state index contributed by atoms with van der Waals surface area (Å²) in [6, 6.07) is 4.46. The Hall–Kier alpha value is -2.24. The fourth-order valence-corrected chi connectivity index (χ4v) is 1.69. The normalized spacial score (nSPS) is 11.0. The molecule has 6 nitrogen and oxygen atoms in total. The summed E-state index contributed by atoms with van der Waals surface area (Å²) in [5.74, 6) is 0.0772. The van der Waals surface area contributed by atoms with Crippen molar-refractivity contribution in [2.75, 3.05) is 5.01 Å². The minimum Gasteiger partial charge on any atom is -0.508 e. The van der Waals surface area contributed by atoms with Crippen molar-refractivity contribution in [3.05, 3.63) is 24.4 Å². The third kappa shape index (κ3) is 1.89. The first-order chi connectivity index (χ1) is 8.00. The van der Waals surface area contributed by atoms with Gasteiger partial charge in [0.25, 0.3) is 0 Å². The van der Waals surface area contributed by atoms with Crippen molar-refractivity contribution in [2.24, 2.45) is 0 Å². The summed E-state index contributed by atoms with van der Waals surface area (Å²) in [6.07, 6.45) is 0.473. The number of phenols is 1. The van der Waals surface area contributed by atoms with E-state index in [1.54, 1.807) is 26.1 Å². The van der Waals surface area contributed by atoms with Gasteiger partial charge in [0.2, 0.25) is 0 Å². The van der Waals surface area contributed by atoms with E-state index in [2.05, 4.69) is 5.10 Å². The van der Waals surface area contributed by atoms with Crippen molar-refractivity contribution in [3.8, 4) is 5.75 Å². The summed E-state index contributed by atoms with van der Waals surface area (Å²) in [6.45, 7) is 3.51. The first-order valence-electron chi connectivity index (χ1n) is 5.20. The number of carboxylic acid groups (broad SMARTS) is 1. The summed E-state index contributed by atoms with van der Waals surface area (Å²) >= 11 is 0. The molecule has 0 atom stereocenters. The van der Waals surface area contributed by atoms with E-state index in [1.807, 2.05) is 0 Å². The van der Waals surface area contributed by atoms with Crippen LogP contribution < -0.4 is 5.01 Å². The Morgan fingerprint density at radius 2 is 2.18 bits per heavy atom. The Morgan fingerprint density at radius 3 is 2.76 bits per heavy atom. The van der Waals surface area contributed by atoms with Gasteiger partial charge in [0, 0.05) is 11.5 Å². The predicted molar refractivity (Wildman–Crippen MR) is 62.8 cm³/mol. The van der Waals surface area contributed by atoms with E-state index in [0.29, 0.717) is 5.52 Å². The molecule has 0 aliphatic heterocycles. The van der Waals surface area contributed by atoms with Gasteiger partial charge < -0.3 is 10.2 Å². The summed E-state index contributed by atoms with van der Waals surface area (Å²) < 4.78 is 0. The van der Waals surface area contributed by atoms with Gasteiger partial charge in [0.1, 0.15) is 5.75 Å². The van der Waals surface area contributed by atoms with Gasteiger partial charge in [0.15, 0.2) is 0 Å². The number of hydrogen-bond acceptors (Lipinski definition) is 3. The molecule has 2 N–H and O–H groups in total. The summed E-state index contributed by atoms with van der Waals surface area (Å²) in [7, 11) is 0. The maximum atomic E-state index is 11.2. The minimum absolute atomic E-state index is 0.0772. The predicted octanol–water partition coefficient (Wildman–Crippen LogP) is 1.77. The molecule has 1 aromatic heterocycles. The highest BCUT2D eigenvalue weighted by molar-refractivity contribution is 5.84. The van der Waals surface area contributed by atoms with Crippen LogP contribution in [0, 0.1) is 0 Å². The second-order valence-electron chi connectivity index (χ2n) is 4.00. The maximum absolute atomic E-state index is 11.2. The number of fused-ring (bicyclic) bond motifs is 1. The van der Waals surface area contributed by atoms with Crippen LogP contribution in [0.25, 0.3) is 10.9 Å². The lowest BCUT2D eigenvalue weighted by molar-refractivity contribution is 0.190. The largest absolute Gasteiger partial charge is 0.508 e. The lowest BCUT2D eigenvalue weighted by Gasteiger charge is -2.23. The first-order valence-corrected chi connectivity index (χ1v) is 5.20. The quantitative estimate of drug-likeness (QED) is 0.831. The highest BCUT2D eigenvalue weighted by Gasteiger charge is 2.20. The van der Waals surface area contributed by atoms with Crippen LogP contribution in [-0.2, 0) is 0 Å². The second kappa shape index (κ2) is 3.97. The average Bonchev–Trinajstić information content (AvgIpc) is 2.60. The Morgan fingerprint density at radius 1 is 1.47 bits per heavy atom. The van der Waals surface area contributed by atoms with Crippen molar-refractivity contribution in [1.82, 2.24) is 9.89 Å². The fourth-order valence-electron chi connectivity index (χ4n) is 1.69. The molecule has 0 aliphatic carbocycles. The zero-order valence-electron chi connectivity index (χ0n) is 9.53. The lowest BCUT2D eigenvalue weighted by atomic mass is 10.2. The molecule has 0 radical (unpaired) electrons. The van der Waals surface area contributed by atoms with Crippen molar-refractivity contribution < 1.29 is 15.0 Å². The van der Waals surface area contributed by atoms with E-state index in [1.165, 1.54) is 16.9 Å². The number of hydrogen-bond donors (Lipinski definition) is 2. The van der Waals surface area contributed by atoms with Crippen molar-refractivity contribution in [2.45, 2.75) is 19.9 Å². The number of aromatic nitrogens is 2. The molecular weight excluding hydrogens is 222 g/mol. The van der Waals surface area contributed by atoms with Crippen molar-refractivity contribution in [1.29, 1.82) is 0 Å². The number of aromatic hydroxyl groups is 1. The third-order valence-electron chi connectivity index (χ3n) is 2.42. The zero-order valence-corrected chi connectivity index (χ0v) is 9.53. The van der Waals surface area contributed by atoms with Gasteiger partial charge in [-0.05, 0) is 26.0 Å². The van der Waals surface area contributed by atoms with E-state index >= 15 is 0 Å². The summed E-state index contributed by atoms with van der Waals surface area (Å²) in [4.78, 5) is 12.5. The molecule has 1 amide bonds. The number of nitrogens with zero attached hydrogens (tertiary/aromatic N) is 3. The number of phenolic OH excluding ortho intramolecular Hbond substituents is 1. The van der Waals surface area contributed by atoms with E-state index in [9.17, 15) is 9.90 Å². The van der Waals surface area contributed by atoms with E-state index in [-0.39, 0.29) is 11.8 Å². The number of carbonyl (C=O) groups is 1. The first kappa shape index (κ1) is 11.3. The zero-order chi connectivity index (χ0) is 12.6. The highest BCUT2D eigenvalue weighted by Crippen LogP contribution is 2.20. The number of rotatable bonds is 2. The van der Waals surface area contributed by atoms with Crippen LogP contribution in [0.5, 0.6) is 5.75 Å². The molecule has 0 saturated heterocycles. The molecule has 0 aliphatic rings. The van der Waals surface area contributed by atoms with Crippen molar-refractivity contribution in [3.63, 3.8) is 0 Å². The third-order valence-corrected chi connectivity index (χ3v) is 2.42. The van der Waals surface area contributed by atoms with Crippen LogP contribution in [0.3, 0.4) is 0 Å². The maximum Gasteiger partial charge on any atom is 0.428 e. The van der Waals surface area contributed by atoms with Gasteiger partial charge >= 0.3 is 6.09 Å². The molecule has 2 rings (SSSR count). The Kier molecular flexibility index (Phi) is 2.63. The van der Waals surface area contributed by atoms with Gasteiger partial charge in [-0.2, -0.15) is 14.9 Å². The monoisotopic (exact) mass is 235 g/mol. The molecule has 17 heavy (non-hydrogen) atoms. The SMILES string of the molecule is CC(C)N(C(=O)O)n1ncc2ccc(O)cc21. The number of benzene rings is 1. The molecule has 1 aromatic carbocycles. The molecule has 0 fully saturated rings. The van der Waals surface area contributed by atoms with Crippen LogP contribution >= 0.6 is 0 Å². The van der Waals surface area contributed by atoms with Crippen LogP contribution in [0.15, 0.2) is 24.4 Å². The van der Waals surface area contributed by atoms with Gasteiger partial charge in [-0.1, -0.05) is 0 Å². The summed E-state index contributed by atoms with van der Waals surface area (Å²) in [5, 5.41) is 24.5. The highest BCUT2D eigenvalue weighted by atomic mass is 16.4. The summed E-state index contributed by atoms with van der Waals surface area (Å²) in [5.41, 5.74) is 0.557. The van der Waals surface area contributed by atoms with Gasteiger partial charge in [-0.15, -0.1) is 0 Å². The second-order valence-corrected chi connectivity index (χ2v) is 4.00. The molecule has 0 bridgehead atoms. The average molecular weight is 235 g/mol. The molecule has 2 aromatic rings. The van der Waals surface area contributed by atoms with Gasteiger partial charge in [0.05, 0.1) is 17.8 Å². The fraction of sp³-hybridized carbons (Fsp3) is 0.273. The van der Waals surface area contributed by atoms with E-state index in [4.69, 9.17) is 5.11 Å². The Labute approximate surface area is 97.7 Å². The molecule has 0 saturated carbocycles. The molecule has 1 heterocycles. The molecule has 0 unspecified atom stereocenters. The van der Waals surface area contributed by atoms with Crippen LogP contribution in [0.1, 0.15) is 13.8 Å². The van der Waals surface area contributed by atoms with Crippen molar-refractivity contribution >= 4 is 17.0 Å². The number of amides is 1. The topological polar surface area (TPSA) is 78.6 Å². The molecule has 0 spiro atoms. The van der Waals surface area contributed by atoms with Gasteiger partial charge in [-0.3, -0.25) is 0 Å². The van der Waals surface area contributed by atoms with Crippen LogP contribution in [-0.4, -0.2) is 32.2 Å². The molecular formula is C11H13N3O3. The van der Waals surface area contributed by atoms with E-state index < -0.39 is 6.09 Å². The van der Waals surface area contributed by atoms with Crippen LogP contribution in [0.4, 0.5) is 4.79 Å². The lowest BCUT2D eigenvalue weighted by Crippen LogP contribution is -2.45. The minimum atomic E-state index is -1.09.